The van der Waals surface area contributed by atoms with Gasteiger partial charge < -0.3 is 9.30 Å². The molecule has 0 bridgehead atoms. The summed E-state index contributed by atoms with van der Waals surface area (Å²) >= 11 is 18.8. The predicted octanol–water partition coefficient (Wildman–Crippen LogP) is 7.02. The summed E-state index contributed by atoms with van der Waals surface area (Å²) in [4.78, 5) is 17.7. The Morgan fingerprint density at radius 2 is 1.68 bits per heavy atom. The second kappa shape index (κ2) is 9.14. The highest BCUT2D eigenvalue weighted by atomic mass is 35.5. The van der Waals surface area contributed by atoms with Crippen molar-refractivity contribution >= 4 is 51.8 Å². The Morgan fingerprint density at radius 3 is 2.35 bits per heavy atom. The smallest absolute Gasteiger partial charge is 0.341 e. The summed E-state index contributed by atoms with van der Waals surface area (Å²) in [6.07, 6.45) is 3.62. The fourth-order valence-corrected chi connectivity index (χ4v) is 4.36. The number of fused-ring (bicyclic) bond motifs is 1. The molecule has 0 radical (unpaired) electrons. The molecule has 34 heavy (non-hydrogen) atoms. The van der Waals surface area contributed by atoms with Gasteiger partial charge in [-0.05, 0) is 55.5 Å². The monoisotopic (exact) mass is 510 g/mol. The van der Waals surface area contributed by atoms with Crippen molar-refractivity contribution in [2.24, 2.45) is 0 Å². The number of carbonyl (C=O) groups excluding carboxylic acids is 1. The molecule has 0 unspecified atom stereocenters. The first-order valence-corrected chi connectivity index (χ1v) is 11.5. The largest absolute Gasteiger partial charge is 0.462 e. The molecule has 5 aromatic rings. The Labute approximate surface area is 210 Å². The third kappa shape index (κ3) is 4.05. The molecule has 0 fully saturated rings. The SMILES string of the molecule is CCOC(=O)c1cc2c(-c3ccc(Cl)cc3)n(-c3ccc(Cl)cc3Cl)nc2nc1-n1cccc1. The fraction of sp³-hybridized carbons (Fsp3) is 0.0800. The molecule has 0 N–H and O–H groups in total. The van der Waals surface area contributed by atoms with E-state index in [4.69, 9.17) is 49.6 Å². The molecule has 0 aliphatic heterocycles. The number of pyridine rings is 1. The van der Waals surface area contributed by atoms with Crippen LogP contribution in [0.25, 0.3) is 33.8 Å². The van der Waals surface area contributed by atoms with Gasteiger partial charge in [0.1, 0.15) is 5.56 Å². The maximum absolute atomic E-state index is 12.9. The van der Waals surface area contributed by atoms with Crippen molar-refractivity contribution in [3.05, 3.63) is 93.7 Å². The first-order chi connectivity index (χ1) is 16.5. The molecule has 170 valence electrons. The maximum Gasteiger partial charge on any atom is 0.341 e. The molecule has 0 aliphatic carbocycles. The number of hydrogen-bond acceptors (Lipinski definition) is 4. The van der Waals surface area contributed by atoms with Crippen molar-refractivity contribution < 1.29 is 9.53 Å². The van der Waals surface area contributed by atoms with E-state index in [2.05, 4.69) is 0 Å². The van der Waals surface area contributed by atoms with Gasteiger partial charge in [0.15, 0.2) is 11.5 Å². The summed E-state index contributed by atoms with van der Waals surface area (Å²) in [6.45, 7) is 2.00. The first kappa shape index (κ1) is 22.5. The van der Waals surface area contributed by atoms with Crippen LogP contribution < -0.4 is 0 Å². The molecular formula is C25H17Cl3N4O2. The molecule has 3 aromatic heterocycles. The van der Waals surface area contributed by atoms with E-state index >= 15 is 0 Å². The van der Waals surface area contributed by atoms with E-state index in [1.807, 2.05) is 36.7 Å². The molecule has 0 saturated carbocycles. The number of rotatable bonds is 5. The molecule has 9 heteroatoms. The Hall–Kier alpha value is -3.32. The van der Waals surface area contributed by atoms with Crippen molar-refractivity contribution in [1.82, 2.24) is 19.3 Å². The zero-order valence-corrected chi connectivity index (χ0v) is 20.1. The van der Waals surface area contributed by atoms with Gasteiger partial charge in [-0.1, -0.05) is 46.9 Å². The number of carbonyl (C=O) groups is 1. The van der Waals surface area contributed by atoms with Crippen LogP contribution in [0.5, 0.6) is 0 Å². The number of hydrogen-bond donors (Lipinski definition) is 0. The van der Waals surface area contributed by atoms with Gasteiger partial charge in [-0.2, -0.15) is 0 Å². The van der Waals surface area contributed by atoms with Crippen molar-refractivity contribution in [3.63, 3.8) is 0 Å². The normalized spacial score (nSPS) is 11.2. The second-order valence-corrected chi connectivity index (χ2v) is 8.68. The van der Waals surface area contributed by atoms with E-state index in [0.29, 0.717) is 48.9 Å². The molecule has 0 amide bonds. The Balaban J connectivity index is 1.85. The molecule has 0 aliphatic rings. The van der Waals surface area contributed by atoms with Crippen molar-refractivity contribution in [2.45, 2.75) is 6.92 Å². The highest BCUT2D eigenvalue weighted by Crippen LogP contribution is 2.35. The third-order valence-electron chi connectivity index (χ3n) is 5.24. The number of aromatic nitrogens is 4. The van der Waals surface area contributed by atoms with Crippen molar-refractivity contribution in [2.75, 3.05) is 6.61 Å². The van der Waals surface area contributed by atoms with Crippen LogP contribution in [0.3, 0.4) is 0 Å². The summed E-state index contributed by atoms with van der Waals surface area (Å²) in [5, 5.41) is 6.96. The minimum Gasteiger partial charge on any atom is -0.462 e. The Kier molecular flexibility index (Phi) is 6.04. The lowest BCUT2D eigenvalue weighted by Crippen LogP contribution is -2.11. The highest BCUT2D eigenvalue weighted by molar-refractivity contribution is 6.35. The number of halogens is 3. The molecule has 3 heterocycles. The van der Waals surface area contributed by atoms with E-state index in [0.717, 1.165) is 5.56 Å². The van der Waals surface area contributed by atoms with Crippen LogP contribution in [0.1, 0.15) is 17.3 Å². The van der Waals surface area contributed by atoms with E-state index in [1.54, 1.807) is 52.6 Å². The molecule has 0 saturated heterocycles. The quantitative estimate of drug-likeness (QED) is 0.238. The van der Waals surface area contributed by atoms with Gasteiger partial charge in [-0.25, -0.2) is 14.5 Å². The highest BCUT2D eigenvalue weighted by Gasteiger charge is 2.23. The zero-order chi connectivity index (χ0) is 23.8. The van der Waals surface area contributed by atoms with Gasteiger partial charge in [-0.15, -0.1) is 5.10 Å². The number of benzene rings is 2. The summed E-state index contributed by atoms with van der Waals surface area (Å²) in [5.74, 6) is -0.0506. The number of esters is 1. The third-order valence-corrected chi connectivity index (χ3v) is 6.03. The topological polar surface area (TPSA) is 61.9 Å². The lowest BCUT2D eigenvalue weighted by Gasteiger charge is -2.11. The summed E-state index contributed by atoms with van der Waals surface area (Å²) in [7, 11) is 0. The number of ether oxygens (including phenoxy) is 1. The lowest BCUT2D eigenvalue weighted by atomic mass is 10.1. The first-order valence-electron chi connectivity index (χ1n) is 10.4. The van der Waals surface area contributed by atoms with Crippen molar-refractivity contribution in [3.8, 4) is 22.8 Å². The van der Waals surface area contributed by atoms with Gasteiger partial charge in [0.05, 0.1) is 23.0 Å². The Bertz CT molecular complexity index is 1510. The number of nitrogens with zero attached hydrogens (tertiary/aromatic N) is 4. The molecule has 0 spiro atoms. The average molecular weight is 512 g/mol. The van der Waals surface area contributed by atoms with Crippen LogP contribution in [0.2, 0.25) is 15.1 Å². The van der Waals surface area contributed by atoms with Gasteiger partial charge in [0, 0.05) is 33.4 Å². The summed E-state index contributed by atoms with van der Waals surface area (Å²) in [5.41, 5.74) is 2.90. The van der Waals surface area contributed by atoms with Crippen LogP contribution in [0, 0.1) is 0 Å². The molecule has 5 rings (SSSR count). The van der Waals surface area contributed by atoms with Gasteiger partial charge in [0.2, 0.25) is 0 Å². The van der Waals surface area contributed by atoms with E-state index < -0.39 is 5.97 Å². The Morgan fingerprint density at radius 1 is 0.971 bits per heavy atom. The zero-order valence-electron chi connectivity index (χ0n) is 17.9. The lowest BCUT2D eigenvalue weighted by molar-refractivity contribution is 0.0526. The molecular weight excluding hydrogens is 495 g/mol. The van der Waals surface area contributed by atoms with E-state index in [9.17, 15) is 4.79 Å². The minimum absolute atomic E-state index is 0.242. The van der Waals surface area contributed by atoms with Crippen LogP contribution >= 0.6 is 34.8 Å². The van der Waals surface area contributed by atoms with Gasteiger partial charge >= 0.3 is 5.97 Å². The minimum atomic E-state index is -0.472. The maximum atomic E-state index is 12.9. The summed E-state index contributed by atoms with van der Waals surface area (Å²) in [6, 6.07) is 18.0. The van der Waals surface area contributed by atoms with E-state index in [-0.39, 0.29) is 6.61 Å². The van der Waals surface area contributed by atoms with E-state index in [1.165, 1.54) is 0 Å². The molecule has 2 aromatic carbocycles. The van der Waals surface area contributed by atoms with Gasteiger partial charge in [0.25, 0.3) is 0 Å². The van der Waals surface area contributed by atoms with Crippen LogP contribution in [-0.4, -0.2) is 31.9 Å². The van der Waals surface area contributed by atoms with Crippen LogP contribution in [0.4, 0.5) is 0 Å². The molecule has 0 atom stereocenters. The fourth-order valence-electron chi connectivity index (χ4n) is 3.75. The van der Waals surface area contributed by atoms with Crippen LogP contribution in [-0.2, 0) is 4.74 Å². The van der Waals surface area contributed by atoms with Gasteiger partial charge in [-0.3, -0.25) is 0 Å². The van der Waals surface area contributed by atoms with Crippen molar-refractivity contribution in [1.29, 1.82) is 0 Å². The summed E-state index contributed by atoms with van der Waals surface area (Å²) < 4.78 is 8.78. The predicted molar refractivity (Wildman–Crippen MR) is 135 cm³/mol. The average Bonchev–Trinajstić information content (AvgIpc) is 3.47. The standard InChI is InChI=1S/C25H17Cl3N4O2/c1-2-34-25(33)19-14-18-22(15-5-7-16(26)8-6-15)32(21-10-9-17(27)13-20(21)28)30-23(18)29-24(19)31-11-3-4-12-31/h3-14H,2H2,1H3. The van der Waals surface area contributed by atoms with Crippen LogP contribution in [0.15, 0.2) is 73.1 Å². The molecule has 6 nitrogen and oxygen atoms in total. The second-order valence-electron chi connectivity index (χ2n) is 7.40.